The van der Waals surface area contributed by atoms with Crippen LogP contribution in [0.25, 0.3) is 0 Å². The van der Waals surface area contributed by atoms with Gasteiger partial charge in [-0.3, -0.25) is 4.79 Å². The lowest BCUT2D eigenvalue weighted by Crippen LogP contribution is -2.00. The molecule has 4 nitrogen and oxygen atoms in total. The summed E-state index contributed by atoms with van der Waals surface area (Å²) in [5.74, 6) is -0.480. The van der Waals surface area contributed by atoms with Crippen molar-refractivity contribution in [1.29, 1.82) is 0 Å². The Balaban J connectivity index is 3.16. The zero-order valence-corrected chi connectivity index (χ0v) is 5.61. The summed E-state index contributed by atoms with van der Waals surface area (Å²) in [6, 6.07) is 1.09. The Morgan fingerprint density at radius 2 is 2.36 bits per heavy atom. The van der Waals surface area contributed by atoms with Gasteiger partial charge in [-0.25, -0.2) is 0 Å². The Bertz CT molecular complexity index is 312. The van der Waals surface area contributed by atoms with Crippen molar-refractivity contribution >= 4 is 6.29 Å². The predicted molar refractivity (Wildman–Crippen MR) is 36.4 cm³/mol. The number of aldehydes is 1. The van der Waals surface area contributed by atoms with Crippen molar-refractivity contribution in [1.82, 2.24) is 0 Å². The first-order valence-corrected chi connectivity index (χ1v) is 2.99. The predicted octanol–water partition coefficient (Wildman–Crippen LogP) is 0.0868. The van der Waals surface area contributed by atoms with E-state index in [-0.39, 0.29) is 12.2 Å². The molecule has 0 saturated heterocycles. The Morgan fingerprint density at radius 1 is 1.64 bits per heavy atom. The molecule has 1 heterocycles. The minimum Gasteiger partial charge on any atom is -0.502 e. The summed E-state index contributed by atoms with van der Waals surface area (Å²) in [5.41, 5.74) is -0.534. The van der Waals surface area contributed by atoms with E-state index in [0.29, 0.717) is 6.29 Å². The molecule has 58 valence electrons. The van der Waals surface area contributed by atoms with Gasteiger partial charge in [0, 0.05) is 6.07 Å². The second-order valence-electron chi connectivity index (χ2n) is 1.93. The monoisotopic (exact) mass is 154 g/mol. The summed E-state index contributed by atoms with van der Waals surface area (Å²) in [4.78, 5) is 20.7. The highest BCUT2D eigenvalue weighted by atomic mass is 16.4. The molecule has 0 aliphatic rings. The molecule has 1 aromatic heterocycles. The van der Waals surface area contributed by atoms with E-state index in [1.165, 1.54) is 0 Å². The molecule has 0 bridgehead atoms. The van der Waals surface area contributed by atoms with Crippen molar-refractivity contribution in [3.63, 3.8) is 0 Å². The Kier molecular flexibility index (Phi) is 2.06. The first-order chi connectivity index (χ1) is 5.25. The van der Waals surface area contributed by atoms with Gasteiger partial charge in [0.25, 0.3) is 0 Å². The SMILES string of the molecule is O=CCc1occc(=O)c1O. The van der Waals surface area contributed by atoms with E-state index in [2.05, 4.69) is 0 Å². The minimum atomic E-state index is -0.534. The number of rotatable bonds is 2. The molecule has 11 heavy (non-hydrogen) atoms. The fourth-order valence-corrected chi connectivity index (χ4v) is 0.671. The van der Waals surface area contributed by atoms with Crippen LogP contribution in [0, 0.1) is 0 Å². The molecule has 0 aliphatic heterocycles. The highest BCUT2D eigenvalue weighted by Crippen LogP contribution is 2.09. The fraction of sp³-hybridized carbons (Fsp3) is 0.143. The Hall–Kier alpha value is -1.58. The van der Waals surface area contributed by atoms with Crippen LogP contribution < -0.4 is 5.43 Å². The summed E-state index contributed by atoms with van der Waals surface area (Å²) in [6.45, 7) is 0. The van der Waals surface area contributed by atoms with E-state index < -0.39 is 11.2 Å². The standard InChI is InChI=1S/C7H6O4/c8-3-1-6-7(10)5(9)2-4-11-6/h2-4,10H,1H2. The van der Waals surface area contributed by atoms with Crippen LogP contribution in [-0.4, -0.2) is 11.4 Å². The lowest BCUT2D eigenvalue weighted by molar-refractivity contribution is -0.107. The normalized spacial score (nSPS) is 9.45. The van der Waals surface area contributed by atoms with E-state index in [9.17, 15) is 9.59 Å². The fourth-order valence-electron chi connectivity index (χ4n) is 0.671. The second kappa shape index (κ2) is 3.01. The summed E-state index contributed by atoms with van der Waals surface area (Å²) in [6.07, 6.45) is 1.61. The van der Waals surface area contributed by atoms with Crippen LogP contribution in [0.2, 0.25) is 0 Å². The van der Waals surface area contributed by atoms with Crippen molar-refractivity contribution in [2.75, 3.05) is 0 Å². The van der Waals surface area contributed by atoms with Gasteiger partial charge >= 0.3 is 0 Å². The molecule has 0 spiro atoms. The first-order valence-electron chi connectivity index (χ1n) is 2.99. The molecule has 0 aromatic carbocycles. The van der Waals surface area contributed by atoms with Crippen LogP contribution >= 0.6 is 0 Å². The third kappa shape index (κ3) is 1.46. The van der Waals surface area contributed by atoms with Crippen molar-refractivity contribution < 1.29 is 14.3 Å². The van der Waals surface area contributed by atoms with Gasteiger partial charge in [0.1, 0.15) is 6.29 Å². The van der Waals surface area contributed by atoms with Crippen LogP contribution in [0.1, 0.15) is 5.76 Å². The van der Waals surface area contributed by atoms with Crippen LogP contribution in [0.5, 0.6) is 5.75 Å². The average Bonchev–Trinajstić information content (AvgIpc) is 1.99. The van der Waals surface area contributed by atoms with Gasteiger partial charge in [-0.15, -0.1) is 0 Å². The lowest BCUT2D eigenvalue weighted by atomic mass is 10.3. The van der Waals surface area contributed by atoms with Gasteiger partial charge in [-0.05, 0) is 0 Å². The molecule has 4 heteroatoms. The zero-order chi connectivity index (χ0) is 8.27. The third-order valence-corrected chi connectivity index (χ3v) is 1.20. The average molecular weight is 154 g/mol. The van der Waals surface area contributed by atoms with Gasteiger partial charge in [0.05, 0.1) is 12.7 Å². The maximum atomic E-state index is 10.7. The molecule has 0 unspecified atom stereocenters. The van der Waals surface area contributed by atoms with Crippen molar-refractivity contribution in [3.8, 4) is 5.75 Å². The number of hydrogen-bond donors (Lipinski definition) is 1. The summed E-state index contributed by atoms with van der Waals surface area (Å²) >= 11 is 0. The second-order valence-corrected chi connectivity index (χ2v) is 1.93. The Morgan fingerprint density at radius 3 is 3.00 bits per heavy atom. The molecular formula is C7H6O4. The van der Waals surface area contributed by atoms with Gasteiger partial charge < -0.3 is 14.3 Å². The number of carbonyl (C=O) groups is 1. The summed E-state index contributed by atoms with van der Waals surface area (Å²) in [5, 5.41) is 8.96. The van der Waals surface area contributed by atoms with Gasteiger partial charge in [-0.1, -0.05) is 0 Å². The van der Waals surface area contributed by atoms with E-state index in [1.807, 2.05) is 0 Å². The number of hydrogen-bond acceptors (Lipinski definition) is 4. The highest BCUT2D eigenvalue weighted by Gasteiger charge is 2.05. The minimum absolute atomic E-state index is 0.00694. The molecular weight excluding hydrogens is 148 g/mol. The van der Waals surface area contributed by atoms with Crippen molar-refractivity contribution in [2.45, 2.75) is 6.42 Å². The van der Waals surface area contributed by atoms with Crippen LogP contribution in [-0.2, 0) is 11.2 Å². The molecule has 0 saturated carbocycles. The maximum absolute atomic E-state index is 10.7. The molecule has 1 rings (SSSR count). The van der Waals surface area contributed by atoms with Crippen molar-refractivity contribution in [3.05, 3.63) is 28.3 Å². The van der Waals surface area contributed by atoms with Gasteiger partial charge in [0.15, 0.2) is 5.76 Å². The van der Waals surface area contributed by atoms with Crippen LogP contribution in [0.3, 0.4) is 0 Å². The van der Waals surface area contributed by atoms with E-state index in [1.54, 1.807) is 0 Å². The summed E-state index contributed by atoms with van der Waals surface area (Å²) in [7, 11) is 0. The molecule has 0 radical (unpaired) electrons. The van der Waals surface area contributed by atoms with E-state index >= 15 is 0 Å². The Labute approximate surface area is 62.1 Å². The quantitative estimate of drug-likeness (QED) is 0.613. The molecule has 1 aromatic rings. The zero-order valence-electron chi connectivity index (χ0n) is 5.61. The highest BCUT2D eigenvalue weighted by molar-refractivity contribution is 5.54. The smallest absolute Gasteiger partial charge is 0.226 e. The molecule has 0 atom stereocenters. The van der Waals surface area contributed by atoms with E-state index in [4.69, 9.17) is 9.52 Å². The van der Waals surface area contributed by atoms with Crippen molar-refractivity contribution in [2.24, 2.45) is 0 Å². The lowest BCUT2D eigenvalue weighted by Gasteiger charge is -1.94. The van der Waals surface area contributed by atoms with Gasteiger partial charge in [0.2, 0.25) is 11.2 Å². The van der Waals surface area contributed by atoms with Gasteiger partial charge in [-0.2, -0.15) is 0 Å². The largest absolute Gasteiger partial charge is 0.502 e. The number of aromatic hydroxyl groups is 1. The molecule has 0 aliphatic carbocycles. The molecule has 0 fully saturated rings. The topological polar surface area (TPSA) is 67.5 Å². The molecule has 0 amide bonds. The maximum Gasteiger partial charge on any atom is 0.226 e. The van der Waals surface area contributed by atoms with Crippen LogP contribution in [0.4, 0.5) is 0 Å². The van der Waals surface area contributed by atoms with E-state index in [0.717, 1.165) is 12.3 Å². The summed E-state index contributed by atoms with van der Waals surface area (Å²) < 4.78 is 4.70. The first kappa shape index (κ1) is 7.53. The molecule has 1 N–H and O–H groups in total. The third-order valence-electron chi connectivity index (χ3n) is 1.20. The number of carbonyl (C=O) groups excluding carboxylic acids is 1. The van der Waals surface area contributed by atoms with Crippen LogP contribution in [0.15, 0.2) is 21.5 Å².